The number of hydrogen-bond donors (Lipinski definition) is 4. The van der Waals surface area contributed by atoms with Gasteiger partial charge in [-0.25, -0.2) is 4.79 Å². The fourth-order valence-corrected chi connectivity index (χ4v) is 8.18. The summed E-state index contributed by atoms with van der Waals surface area (Å²) >= 11 is 0. The third kappa shape index (κ3) is 6.64. The van der Waals surface area contributed by atoms with Crippen molar-refractivity contribution in [3.63, 3.8) is 0 Å². The van der Waals surface area contributed by atoms with E-state index in [1.165, 1.54) is 32.1 Å². The number of fused-ring (bicyclic) bond motifs is 1. The lowest BCUT2D eigenvalue weighted by Crippen LogP contribution is -2.65. The average Bonchev–Trinajstić information content (AvgIpc) is 3.36. The van der Waals surface area contributed by atoms with E-state index < -0.39 is 29.2 Å². The first-order valence-corrected chi connectivity index (χ1v) is 16.2. The van der Waals surface area contributed by atoms with Gasteiger partial charge in [0.05, 0.1) is 0 Å². The van der Waals surface area contributed by atoms with Gasteiger partial charge in [0.2, 0.25) is 11.8 Å². The van der Waals surface area contributed by atoms with Crippen LogP contribution in [-0.4, -0.2) is 46.1 Å². The van der Waals surface area contributed by atoms with Gasteiger partial charge in [-0.1, -0.05) is 48.5 Å². The quantitative estimate of drug-likeness (QED) is 0.255. The third-order valence-corrected chi connectivity index (χ3v) is 9.93. The molecule has 0 unspecified atom stereocenters. The van der Waals surface area contributed by atoms with Gasteiger partial charge in [-0.15, -0.1) is 0 Å². The van der Waals surface area contributed by atoms with Crippen LogP contribution in [0.25, 0.3) is 10.9 Å². The predicted molar refractivity (Wildman–Crippen MR) is 171 cm³/mol. The highest BCUT2D eigenvalue weighted by Crippen LogP contribution is 2.53. The number of H-pyrrole nitrogens is 1. The minimum absolute atomic E-state index is 0.134. The van der Waals surface area contributed by atoms with Crippen LogP contribution in [-0.2, 0) is 27.2 Å². The van der Waals surface area contributed by atoms with Gasteiger partial charge in [-0.05, 0) is 101 Å². The Kier molecular flexibility index (Phi) is 8.20. The van der Waals surface area contributed by atoms with Crippen LogP contribution in [0.3, 0.4) is 0 Å². The molecular weight excluding hydrogens is 552 g/mol. The van der Waals surface area contributed by atoms with E-state index in [0.29, 0.717) is 18.3 Å². The Morgan fingerprint density at radius 2 is 1.52 bits per heavy atom. The van der Waals surface area contributed by atoms with Gasteiger partial charge < -0.3 is 25.7 Å². The number of amides is 3. The molecule has 7 rings (SSSR count). The number of hydrogen-bond acceptors (Lipinski definition) is 4. The van der Waals surface area contributed by atoms with Crippen molar-refractivity contribution in [1.82, 2.24) is 20.9 Å². The molecule has 44 heavy (non-hydrogen) atoms. The van der Waals surface area contributed by atoms with Crippen LogP contribution in [0.4, 0.5) is 4.79 Å². The largest absolute Gasteiger partial charge is 0.444 e. The Labute approximate surface area is 260 Å². The molecule has 0 aliphatic heterocycles. The molecule has 234 valence electrons. The van der Waals surface area contributed by atoms with Crippen molar-refractivity contribution in [2.75, 3.05) is 0 Å². The van der Waals surface area contributed by atoms with Crippen molar-refractivity contribution in [1.29, 1.82) is 0 Å². The van der Waals surface area contributed by atoms with E-state index in [1.54, 1.807) is 20.8 Å². The zero-order chi connectivity index (χ0) is 31.1. The van der Waals surface area contributed by atoms with Gasteiger partial charge in [0.15, 0.2) is 0 Å². The van der Waals surface area contributed by atoms with Crippen LogP contribution in [0.5, 0.6) is 0 Å². The van der Waals surface area contributed by atoms with Gasteiger partial charge in [-0.2, -0.15) is 0 Å². The van der Waals surface area contributed by atoms with Gasteiger partial charge in [-0.3, -0.25) is 9.59 Å². The van der Waals surface area contributed by atoms with E-state index in [9.17, 15) is 14.4 Å². The summed E-state index contributed by atoms with van der Waals surface area (Å²) in [5.74, 6) is 1.98. The number of benzene rings is 2. The van der Waals surface area contributed by atoms with Crippen molar-refractivity contribution in [3.8, 4) is 0 Å². The number of aromatic nitrogens is 1. The van der Waals surface area contributed by atoms with Crippen molar-refractivity contribution < 1.29 is 19.1 Å². The molecule has 8 nitrogen and oxygen atoms in total. The zero-order valence-electron chi connectivity index (χ0n) is 26.3. The topological polar surface area (TPSA) is 112 Å². The highest BCUT2D eigenvalue weighted by Gasteiger charge is 2.50. The maximum Gasteiger partial charge on any atom is 0.408 e. The summed E-state index contributed by atoms with van der Waals surface area (Å²) in [6.07, 6.45) is 7.88. The molecule has 4 saturated carbocycles. The molecule has 2 aromatic carbocycles. The summed E-state index contributed by atoms with van der Waals surface area (Å²) in [5.41, 5.74) is 0.830. The van der Waals surface area contributed by atoms with Crippen molar-refractivity contribution in [3.05, 3.63) is 71.9 Å². The van der Waals surface area contributed by atoms with E-state index in [1.807, 2.05) is 67.7 Å². The number of carbonyl (C=O) groups is 3. The molecule has 1 aromatic heterocycles. The van der Waals surface area contributed by atoms with E-state index in [0.717, 1.165) is 33.9 Å². The number of alkyl carbamates (subject to hydrolysis) is 1. The standard InChI is InChI=1S/C36H46N4O4/c1-35(2,3)44-34(43)38-30(19-22-10-6-5-7-11-22)32(41)40-36(4,20-27-21-37-29-13-9-8-12-28(27)29)33(42)39-31-25-15-23-14-24(17-25)18-26(31)16-23/h5-13,21,23-26,30-31,37H,14-20H2,1-4H3,(H,38,43)(H,39,42)(H,40,41)/t23?,24?,25?,26?,30-,31?,36+/m0/s1. The first kappa shape index (κ1) is 30.2. The maximum absolute atomic E-state index is 14.4. The normalized spacial score (nSPS) is 26.0. The van der Waals surface area contributed by atoms with Gasteiger partial charge in [0, 0.05) is 36.0 Å². The number of rotatable bonds is 9. The Morgan fingerprint density at radius 3 is 2.18 bits per heavy atom. The van der Waals surface area contributed by atoms with Gasteiger partial charge >= 0.3 is 6.09 Å². The van der Waals surface area contributed by atoms with Gasteiger partial charge in [0.1, 0.15) is 17.2 Å². The molecule has 0 spiro atoms. The SMILES string of the molecule is CC(C)(C)OC(=O)N[C@@H](Cc1ccccc1)C(=O)N[C@](C)(Cc1c[nH]c2ccccc12)C(=O)NC1C2CC3CC(C2)CC1C3. The minimum atomic E-state index is -1.26. The molecular formula is C36H46N4O4. The van der Waals surface area contributed by atoms with Crippen LogP contribution in [0.2, 0.25) is 0 Å². The predicted octanol–water partition coefficient (Wildman–Crippen LogP) is 5.66. The maximum atomic E-state index is 14.4. The van der Waals surface area contributed by atoms with Crippen molar-refractivity contribution >= 4 is 28.8 Å². The van der Waals surface area contributed by atoms with Crippen LogP contribution < -0.4 is 16.0 Å². The Hall–Kier alpha value is -3.81. The Bertz CT molecular complexity index is 1480. The molecule has 4 bridgehead atoms. The van der Waals surface area contributed by atoms with E-state index in [4.69, 9.17) is 4.74 Å². The second-order valence-electron chi connectivity index (χ2n) is 14.7. The molecule has 8 heteroatoms. The molecule has 4 aliphatic rings. The summed E-state index contributed by atoms with van der Waals surface area (Å²) in [4.78, 5) is 44.7. The van der Waals surface area contributed by atoms with Crippen LogP contribution in [0.1, 0.15) is 70.9 Å². The molecule has 4 N–H and O–H groups in total. The van der Waals surface area contributed by atoms with Crippen LogP contribution in [0, 0.1) is 23.7 Å². The van der Waals surface area contributed by atoms with Crippen LogP contribution >= 0.6 is 0 Å². The van der Waals surface area contributed by atoms with Gasteiger partial charge in [0.25, 0.3) is 0 Å². The fraction of sp³-hybridized carbons (Fsp3) is 0.528. The molecule has 3 amide bonds. The first-order chi connectivity index (χ1) is 21.0. The monoisotopic (exact) mass is 598 g/mol. The second-order valence-corrected chi connectivity index (χ2v) is 14.7. The second kappa shape index (κ2) is 11.9. The molecule has 0 radical (unpaired) electrons. The number of nitrogens with one attached hydrogen (secondary N) is 4. The summed E-state index contributed by atoms with van der Waals surface area (Å²) in [6.45, 7) is 7.16. The average molecular weight is 599 g/mol. The summed E-state index contributed by atoms with van der Waals surface area (Å²) in [5, 5.41) is 10.4. The summed E-state index contributed by atoms with van der Waals surface area (Å²) in [6, 6.07) is 16.7. The van der Waals surface area contributed by atoms with Crippen molar-refractivity contribution in [2.24, 2.45) is 23.7 Å². The lowest BCUT2D eigenvalue weighted by atomic mass is 9.54. The fourth-order valence-electron chi connectivity index (χ4n) is 8.18. The molecule has 0 saturated heterocycles. The summed E-state index contributed by atoms with van der Waals surface area (Å²) in [7, 11) is 0. The molecule has 4 aliphatic carbocycles. The first-order valence-electron chi connectivity index (χ1n) is 16.2. The lowest BCUT2D eigenvalue weighted by molar-refractivity contribution is -0.136. The molecule has 2 atom stereocenters. The molecule has 1 heterocycles. The highest BCUT2D eigenvalue weighted by molar-refractivity contribution is 5.95. The third-order valence-electron chi connectivity index (χ3n) is 9.93. The van der Waals surface area contributed by atoms with Crippen molar-refractivity contribution in [2.45, 2.75) is 95.9 Å². The highest BCUT2D eigenvalue weighted by atomic mass is 16.6. The van der Waals surface area contributed by atoms with E-state index in [-0.39, 0.29) is 18.4 Å². The number of aromatic amines is 1. The van der Waals surface area contributed by atoms with E-state index in [2.05, 4.69) is 20.9 Å². The molecule has 4 fully saturated rings. The number of carbonyl (C=O) groups excluding carboxylic acids is 3. The summed E-state index contributed by atoms with van der Waals surface area (Å²) < 4.78 is 5.51. The smallest absolute Gasteiger partial charge is 0.408 e. The minimum Gasteiger partial charge on any atom is -0.444 e. The van der Waals surface area contributed by atoms with E-state index >= 15 is 0 Å². The Morgan fingerprint density at radius 1 is 0.886 bits per heavy atom. The Balaban J connectivity index is 1.27. The number of para-hydroxylation sites is 1. The lowest BCUT2D eigenvalue weighted by Gasteiger charge is -2.54. The van der Waals surface area contributed by atoms with Crippen LogP contribution in [0.15, 0.2) is 60.8 Å². The number of ether oxygens (including phenoxy) is 1. The molecule has 3 aromatic rings. The zero-order valence-corrected chi connectivity index (χ0v) is 26.3.